The standard InChI is InChI=1S/C18H20F3N3O3S/c1-12-4-7-15(8-5-12)28(26,27)23-14-6-9-16(22-2)13(10-14)11-24(3)17(25)18(19,20)21/h4-10,22-23H,11H2,1-3H3. The third-order valence-corrected chi connectivity index (χ3v) is 5.35. The van der Waals surface area contributed by atoms with Crippen LogP contribution in [0.15, 0.2) is 47.4 Å². The van der Waals surface area contributed by atoms with Gasteiger partial charge in [0.1, 0.15) is 0 Å². The molecule has 6 nitrogen and oxygen atoms in total. The number of alkyl halides is 3. The normalized spacial score (nSPS) is 11.8. The minimum atomic E-state index is -4.99. The first kappa shape index (κ1) is 21.5. The molecule has 0 atom stereocenters. The fourth-order valence-corrected chi connectivity index (χ4v) is 3.56. The van der Waals surface area contributed by atoms with Crippen LogP contribution in [0.3, 0.4) is 0 Å². The Kier molecular flexibility index (Phi) is 6.23. The number of anilines is 2. The van der Waals surface area contributed by atoms with Crippen molar-refractivity contribution in [1.29, 1.82) is 0 Å². The van der Waals surface area contributed by atoms with Crippen molar-refractivity contribution in [1.82, 2.24) is 4.90 Å². The van der Waals surface area contributed by atoms with Crippen molar-refractivity contribution >= 4 is 27.3 Å². The molecule has 0 spiro atoms. The first-order valence-corrected chi connectivity index (χ1v) is 9.65. The van der Waals surface area contributed by atoms with Crippen LogP contribution in [0.25, 0.3) is 0 Å². The summed E-state index contributed by atoms with van der Waals surface area (Å²) in [6, 6.07) is 10.6. The van der Waals surface area contributed by atoms with Crippen molar-refractivity contribution in [3.8, 4) is 0 Å². The number of hydrogen-bond acceptors (Lipinski definition) is 4. The van der Waals surface area contributed by atoms with Gasteiger partial charge in [-0.25, -0.2) is 8.42 Å². The molecule has 10 heteroatoms. The Morgan fingerprint density at radius 1 is 1.11 bits per heavy atom. The van der Waals surface area contributed by atoms with E-state index in [2.05, 4.69) is 10.0 Å². The summed E-state index contributed by atoms with van der Waals surface area (Å²) in [6.45, 7) is 1.47. The topological polar surface area (TPSA) is 78.5 Å². The van der Waals surface area contributed by atoms with Crippen molar-refractivity contribution in [3.05, 3.63) is 53.6 Å². The van der Waals surface area contributed by atoms with E-state index in [9.17, 15) is 26.4 Å². The third-order valence-electron chi connectivity index (χ3n) is 3.95. The number of aryl methyl sites for hydroxylation is 1. The second-order valence-corrected chi connectivity index (χ2v) is 7.88. The summed E-state index contributed by atoms with van der Waals surface area (Å²) in [5.74, 6) is -1.99. The lowest BCUT2D eigenvalue weighted by atomic mass is 10.1. The largest absolute Gasteiger partial charge is 0.471 e. The molecule has 1 amide bonds. The Hall–Kier alpha value is -2.75. The molecule has 0 aromatic heterocycles. The highest BCUT2D eigenvalue weighted by Gasteiger charge is 2.41. The van der Waals surface area contributed by atoms with Crippen LogP contribution < -0.4 is 10.0 Å². The molecule has 0 aliphatic heterocycles. The van der Waals surface area contributed by atoms with E-state index in [1.54, 1.807) is 19.2 Å². The third kappa shape index (κ3) is 5.16. The van der Waals surface area contributed by atoms with Gasteiger partial charge in [-0.3, -0.25) is 9.52 Å². The van der Waals surface area contributed by atoms with Gasteiger partial charge in [0.05, 0.1) is 4.90 Å². The number of nitrogens with one attached hydrogen (secondary N) is 2. The molecule has 0 fully saturated rings. The molecule has 0 unspecified atom stereocenters. The molecule has 152 valence electrons. The number of carbonyl (C=O) groups is 1. The Morgan fingerprint density at radius 2 is 1.71 bits per heavy atom. The molecule has 0 heterocycles. The summed E-state index contributed by atoms with van der Waals surface area (Å²) < 4.78 is 65.2. The molecule has 0 bridgehead atoms. The van der Waals surface area contributed by atoms with Crippen LogP contribution in [0.5, 0.6) is 0 Å². The lowest BCUT2D eigenvalue weighted by Gasteiger charge is -2.21. The number of halogens is 3. The number of benzene rings is 2. The zero-order valence-corrected chi connectivity index (χ0v) is 16.3. The minimum absolute atomic E-state index is 0.0571. The highest BCUT2D eigenvalue weighted by Crippen LogP contribution is 2.26. The highest BCUT2D eigenvalue weighted by atomic mass is 32.2. The molecular formula is C18H20F3N3O3S. The van der Waals surface area contributed by atoms with E-state index in [0.717, 1.165) is 12.6 Å². The quantitative estimate of drug-likeness (QED) is 0.759. The molecule has 0 saturated heterocycles. The van der Waals surface area contributed by atoms with Crippen molar-refractivity contribution in [2.45, 2.75) is 24.5 Å². The van der Waals surface area contributed by atoms with Crippen LogP contribution in [-0.4, -0.2) is 39.5 Å². The monoisotopic (exact) mass is 415 g/mol. The maximum atomic E-state index is 12.6. The van der Waals surface area contributed by atoms with Crippen LogP contribution in [0.4, 0.5) is 24.5 Å². The van der Waals surface area contributed by atoms with E-state index < -0.39 is 22.1 Å². The smallest absolute Gasteiger partial charge is 0.388 e. The molecule has 0 radical (unpaired) electrons. The second kappa shape index (κ2) is 8.09. The Balaban J connectivity index is 2.29. The minimum Gasteiger partial charge on any atom is -0.388 e. The van der Waals surface area contributed by atoms with Gasteiger partial charge in [-0.05, 0) is 42.8 Å². The Morgan fingerprint density at radius 3 is 2.25 bits per heavy atom. The second-order valence-electron chi connectivity index (χ2n) is 6.20. The van der Waals surface area contributed by atoms with Gasteiger partial charge in [0.2, 0.25) is 0 Å². The summed E-state index contributed by atoms with van der Waals surface area (Å²) in [5, 5.41) is 2.81. The maximum Gasteiger partial charge on any atom is 0.471 e. The lowest BCUT2D eigenvalue weighted by Crippen LogP contribution is -2.38. The van der Waals surface area contributed by atoms with Gasteiger partial charge in [-0.1, -0.05) is 17.7 Å². The van der Waals surface area contributed by atoms with Crippen molar-refractivity contribution in [3.63, 3.8) is 0 Å². The Bertz CT molecular complexity index is 958. The SMILES string of the molecule is CNc1ccc(NS(=O)(=O)c2ccc(C)cc2)cc1CN(C)C(=O)C(F)(F)F. The van der Waals surface area contributed by atoms with Gasteiger partial charge in [-0.15, -0.1) is 0 Å². The molecule has 0 aliphatic carbocycles. The van der Waals surface area contributed by atoms with Crippen LogP contribution >= 0.6 is 0 Å². The predicted molar refractivity (Wildman–Crippen MR) is 101 cm³/mol. The highest BCUT2D eigenvalue weighted by molar-refractivity contribution is 7.92. The van der Waals surface area contributed by atoms with Gasteiger partial charge in [0.25, 0.3) is 10.0 Å². The Labute approximate surface area is 161 Å². The number of nitrogens with zero attached hydrogens (tertiary/aromatic N) is 1. The van der Waals surface area contributed by atoms with E-state index in [1.165, 1.54) is 30.3 Å². The molecule has 2 rings (SSSR count). The van der Waals surface area contributed by atoms with Crippen LogP contribution in [-0.2, 0) is 21.4 Å². The fourth-order valence-electron chi connectivity index (χ4n) is 2.51. The molecular weight excluding hydrogens is 395 g/mol. The molecule has 0 saturated carbocycles. The molecule has 28 heavy (non-hydrogen) atoms. The van der Waals surface area contributed by atoms with E-state index in [4.69, 9.17) is 0 Å². The van der Waals surface area contributed by atoms with E-state index in [-0.39, 0.29) is 17.1 Å². The summed E-state index contributed by atoms with van der Waals surface area (Å²) >= 11 is 0. The van der Waals surface area contributed by atoms with E-state index in [1.807, 2.05) is 6.92 Å². The number of rotatable bonds is 6. The van der Waals surface area contributed by atoms with Gasteiger partial charge >= 0.3 is 12.1 Å². The van der Waals surface area contributed by atoms with Crippen LogP contribution in [0, 0.1) is 6.92 Å². The first-order valence-electron chi connectivity index (χ1n) is 8.16. The number of hydrogen-bond donors (Lipinski definition) is 2. The number of amides is 1. The average Bonchev–Trinajstić information content (AvgIpc) is 2.60. The van der Waals surface area contributed by atoms with Crippen LogP contribution in [0.1, 0.15) is 11.1 Å². The van der Waals surface area contributed by atoms with Gasteiger partial charge < -0.3 is 10.2 Å². The zero-order chi connectivity index (χ0) is 21.1. The molecule has 2 N–H and O–H groups in total. The first-order chi connectivity index (χ1) is 12.9. The van der Waals surface area contributed by atoms with Crippen molar-refractivity contribution in [2.75, 3.05) is 24.1 Å². The summed E-state index contributed by atoms with van der Waals surface area (Å²) in [5.41, 5.74) is 1.87. The van der Waals surface area contributed by atoms with Crippen molar-refractivity contribution < 1.29 is 26.4 Å². The molecule has 0 aliphatic rings. The number of sulfonamides is 1. The number of carbonyl (C=O) groups excluding carboxylic acids is 1. The van der Waals surface area contributed by atoms with E-state index >= 15 is 0 Å². The maximum absolute atomic E-state index is 12.6. The summed E-state index contributed by atoms with van der Waals surface area (Å²) in [7, 11) is -1.27. The molecule has 2 aromatic carbocycles. The molecule has 2 aromatic rings. The van der Waals surface area contributed by atoms with Crippen LogP contribution in [0.2, 0.25) is 0 Å². The predicted octanol–water partition coefficient (Wildman–Crippen LogP) is 3.36. The fraction of sp³-hybridized carbons (Fsp3) is 0.278. The van der Waals surface area contributed by atoms with Crippen molar-refractivity contribution in [2.24, 2.45) is 0 Å². The summed E-state index contributed by atoms with van der Waals surface area (Å²) in [4.78, 5) is 11.9. The van der Waals surface area contributed by atoms with Gasteiger partial charge in [0, 0.05) is 32.0 Å². The lowest BCUT2D eigenvalue weighted by molar-refractivity contribution is -0.184. The van der Waals surface area contributed by atoms with Gasteiger partial charge in [-0.2, -0.15) is 13.2 Å². The summed E-state index contributed by atoms with van der Waals surface area (Å²) in [6.07, 6.45) is -4.99. The van der Waals surface area contributed by atoms with Gasteiger partial charge in [0.15, 0.2) is 0 Å². The zero-order valence-electron chi connectivity index (χ0n) is 15.5. The van der Waals surface area contributed by atoms with E-state index in [0.29, 0.717) is 16.2 Å². The average molecular weight is 415 g/mol.